The smallest absolute Gasteiger partial charge is 0.152 e. The molecule has 0 spiro atoms. The first-order valence-corrected chi connectivity index (χ1v) is 9.12. The van der Waals surface area contributed by atoms with Crippen LogP contribution in [0.15, 0.2) is 91.6 Å². The van der Waals surface area contributed by atoms with Crippen LogP contribution in [0.25, 0.3) is 33.0 Å². The van der Waals surface area contributed by atoms with Crippen molar-refractivity contribution in [2.45, 2.75) is 0 Å². The fourth-order valence-corrected chi connectivity index (χ4v) is 2.95. The van der Waals surface area contributed by atoms with Crippen molar-refractivity contribution in [1.29, 1.82) is 0 Å². The molecule has 0 radical (unpaired) electrons. The molecule has 0 unspecified atom stereocenters. The second-order valence-electron chi connectivity index (χ2n) is 6.24. The van der Waals surface area contributed by atoms with Gasteiger partial charge in [-0.1, -0.05) is 30.3 Å². The molecule has 0 saturated heterocycles. The minimum absolute atomic E-state index is 0.723. The molecule has 0 amide bonds. The van der Waals surface area contributed by atoms with Gasteiger partial charge in [0.25, 0.3) is 0 Å². The van der Waals surface area contributed by atoms with Crippen LogP contribution in [0.5, 0.6) is 0 Å². The van der Waals surface area contributed by atoms with E-state index in [2.05, 4.69) is 24.9 Å². The van der Waals surface area contributed by atoms with E-state index in [1.807, 2.05) is 72.9 Å². The molecule has 142 valence electrons. The van der Waals surface area contributed by atoms with E-state index in [1.165, 1.54) is 0 Å². The molecule has 3 N–H and O–H groups in total. The lowest BCUT2D eigenvalue weighted by molar-refractivity contribution is 0.112. The lowest BCUT2D eigenvalue weighted by Gasteiger charge is -1.86. The number of carbonyl (C=O) groups excluding carboxylic acids is 1. The minimum atomic E-state index is 0.723. The number of rotatable bonds is 1. The van der Waals surface area contributed by atoms with Crippen LogP contribution in [0.2, 0.25) is 0 Å². The van der Waals surface area contributed by atoms with Gasteiger partial charge in [-0.25, -0.2) is 4.98 Å². The van der Waals surface area contributed by atoms with Gasteiger partial charge < -0.3 is 15.0 Å². The van der Waals surface area contributed by atoms with Crippen molar-refractivity contribution in [3.63, 3.8) is 0 Å². The Morgan fingerprint density at radius 3 is 2.24 bits per heavy atom. The molecule has 6 rings (SSSR count). The third kappa shape index (κ3) is 4.22. The number of imidazole rings is 1. The number of nitrogens with one attached hydrogen (secondary N) is 3. The zero-order valence-corrected chi connectivity index (χ0v) is 15.5. The highest BCUT2D eigenvalue weighted by Crippen LogP contribution is 2.15. The molecule has 6 heteroatoms. The van der Waals surface area contributed by atoms with Crippen molar-refractivity contribution in [3.05, 3.63) is 97.2 Å². The second kappa shape index (κ2) is 8.67. The molecular formula is C23H19N5O. The molecule has 0 aliphatic carbocycles. The summed E-state index contributed by atoms with van der Waals surface area (Å²) in [6, 6.07) is 21.5. The molecular weight excluding hydrogens is 362 g/mol. The molecule has 29 heavy (non-hydrogen) atoms. The largest absolute Gasteiger partial charge is 0.360 e. The molecule has 0 aliphatic heterocycles. The number of nitrogens with zero attached hydrogens (tertiary/aromatic N) is 2. The van der Waals surface area contributed by atoms with E-state index in [0.29, 0.717) is 0 Å². The topological polar surface area (TPSA) is 90.2 Å². The number of aromatic amines is 3. The monoisotopic (exact) mass is 381 g/mol. The number of H-pyrrole nitrogens is 3. The fraction of sp³-hybridized carbons (Fsp3) is 0. The number of para-hydroxylation sites is 3. The number of fused-ring (bicyclic) bond motifs is 3. The van der Waals surface area contributed by atoms with Gasteiger partial charge in [0, 0.05) is 35.1 Å². The molecule has 0 bridgehead atoms. The number of aldehydes is 1. The lowest BCUT2D eigenvalue weighted by Crippen LogP contribution is -1.72. The van der Waals surface area contributed by atoms with Crippen LogP contribution in [0.1, 0.15) is 10.4 Å². The van der Waals surface area contributed by atoms with E-state index in [9.17, 15) is 4.79 Å². The third-order valence-electron chi connectivity index (χ3n) is 4.39. The summed E-state index contributed by atoms with van der Waals surface area (Å²) in [4.78, 5) is 27.7. The Balaban J connectivity index is 0.000000107. The van der Waals surface area contributed by atoms with E-state index in [4.69, 9.17) is 0 Å². The molecule has 4 aromatic heterocycles. The quantitative estimate of drug-likeness (QED) is 0.346. The summed E-state index contributed by atoms with van der Waals surface area (Å²) in [7, 11) is 0. The van der Waals surface area contributed by atoms with Crippen molar-refractivity contribution >= 4 is 39.3 Å². The SMILES string of the molecule is O=Cc1c[nH]c2ccccc12.c1ccc2[nH]cnc2c1.c1cnc2cc[nH]c2c1. The van der Waals surface area contributed by atoms with Crippen molar-refractivity contribution in [2.24, 2.45) is 0 Å². The Morgan fingerprint density at radius 1 is 0.690 bits per heavy atom. The number of benzene rings is 2. The highest BCUT2D eigenvalue weighted by Gasteiger charge is 1.98. The number of hydrogen-bond donors (Lipinski definition) is 3. The Hall–Kier alpha value is -4.19. The first-order valence-electron chi connectivity index (χ1n) is 9.12. The number of hydrogen-bond acceptors (Lipinski definition) is 3. The minimum Gasteiger partial charge on any atom is -0.360 e. The molecule has 0 atom stereocenters. The van der Waals surface area contributed by atoms with Gasteiger partial charge in [-0.3, -0.25) is 9.78 Å². The average Bonchev–Trinajstić information content (AvgIpc) is 3.53. The lowest BCUT2D eigenvalue weighted by atomic mass is 10.2. The Kier molecular flexibility index (Phi) is 5.43. The summed E-state index contributed by atoms with van der Waals surface area (Å²) >= 11 is 0. The van der Waals surface area contributed by atoms with Crippen molar-refractivity contribution in [2.75, 3.05) is 0 Å². The number of carbonyl (C=O) groups is 1. The Labute approximate surface area is 166 Å². The Bertz CT molecular complexity index is 1220. The van der Waals surface area contributed by atoms with Crippen LogP contribution < -0.4 is 0 Å². The van der Waals surface area contributed by atoms with E-state index >= 15 is 0 Å². The van der Waals surface area contributed by atoms with Crippen LogP contribution >= 0.6 is 0 Å². The summed E-state index contributed by atoms with van der Waals surface area (Å²) in [5, 5.41) is 0.988. The molecule has 0 fully saturated rings. The van der Waals surface area contributed by atoms with E-state index in [-0.39, 0.29) is 0 Å². The zero-order valence-electron chi connectivity index (χ0n) is 15.5. The van der Waals surface area contributed by atoms with Crippen LogP contribution in [-0.2, 0) is 0 Å². The maximum absolute atomic E-state index is 10.5. The van der Waals surface area contributed by atoms with Gasteiger partial charge in [-0.15, -0.1) is 0 Å². The summed E-state index contributed by atoms with van der Waals surface area (Å²) in [5.74, 6) is 0. The van der Waals surface area contributed by atoms with Crippen molar-refractivity contribution in [1.82, 2.24) is 24.9 Å². The normalized spacial score (nSPS) is 10.2. The summed E-state index contributed by atoms with van der Waals surface area (Å²) in [6.45, 7) is 0. The van der Waals surface area contributed by atoms with Crippen molar-refractivity contribution < 1.29 is 4.79 Å². The van der Waals surface area contributed by atoms with Gasteiger partial charge in [0.05, 0.1) is 28.4 Å². The van der Waals surface area contributed by atoms with Gasteiger partial charge >= 0.3 is 0 Å². The summed E-state index contributed by atoms with van der Waals surface area (Å²) in [5.41, 5.74) is 5.97. The van der Waals surface area contributed by atoms with Gasteiger partial charge in [0.2, 0.25) is 0 Å². The van der Waals surface area contributed by atoms with Gasteiger partial charge in [-0.05, 0) is 36.4 Å². The molecule has 0 saturated carbocycles. The predicted octanol–water partition coefficient (Wildman–Crippen LogP) is 5.11. The molecule has 6 nitrogen and oxygen atoms in total. The first kappa shape index (κ1) is 18.2. The van der Waals surface area contributed by atoms with Gasteiger partial charge in [0.15, 0.2) is 6.29 Å². The molecule has 0 aliphatic rings. The first-order chi connectivity index (χ1) is 14.3. The second-order valence-corrected chi connectivity index (χ2v) is 6.24. The molecule has 6 aromatic rings. The average molecular weight is 381 g/mol. The van der Waals surface area contributed by atoms with Crippen LogP contribution in [-0.4, -0.2) is 31.2 Å². The third-order valence-corrected chi connectivity index (χ3v) is 4.39. The van der Waals surface area contributed by atoms with E-state index in [1.54, 1.807) is 18.7 Å². The summed E-state index contributed by atoms with van der Waals surface area (Å²) < 4.78 is 0. The van der Waals surface area contributed by atoms with Gasteiger partial charge in [-0.2, -0.15) is 0 Å². The predicted molar refractivity (Wildman–Crippen MR) is 116 cm³/mol. The zero-order chi connectivity index (χ0) is 19.9. The van der Waals surface area contributed by atoms with E-state index < -0.39 is 0 Å². The fourth-order valence-electron chi connectivity index (χ4n) is 2.95. The van der Waals surface area contributed by atoms with Crippen LogP contribution in [0, 0.1) is 0 Å². The standard InChI is InChI=1S/C9H7NO.2C7H6N2/c11-6-7-5-10-9-4-2-1-3-8(7)9;1-2-6-7(8-4-1)3-5-9-6;1-2-4-7-6(3-1)8-5-9-7/h1-6,10H;1-5,9H;1-5H,(H,8,9). The highest BCUT2D eigenvalue weighted by atomic mass is 16.1. The van der Waals surface area contributed by atoms with Gasteiger partial charge in [0.1, 0.15) is 0 Å². The van der Waals surface area contributed by atoms with E-state index in [0.717, 1.165) is 44.8 Å². The maximum Gasteiger partial charge on any atom is 0.152 e. The van der Waals surface area contributed by atoms with Crippen LogP contribution in [0.3, 0.4) is 0 Å². The number of pyridine rings is 1. The molecule has 4 heterocycles. The molecule has 2 aromatic carbocycles. The Morgan fingerprint density at radius 2 is 1.41 bits per heavy atom. The number of aromatic nitrogens is 5. The highest BCUT2D eigenvalue weighted by molar-refractivity contribution is 5.96. The van der Waals surface area contributed by atoms with Crippen molar-refractivity contribution in [3.8, 4) is 0 Å². The maximum atomic E-state index is 10.5. The summed E-state index contributed by atoms with van der Waals surface area (Å²) in [6.07, 6.45) is 7.95. The van der Waals surface area contributed by atoms with Crippen LogP contribution in [0.4, 0.5) is 0 Å².